The molecule has 4 heteroatoms. The number of carbonyl (C=O) groups is 1. The van der Waals surface area contributed by atoms with Crippen LogP contribution in [0.15, 0.2) is 0 Å². The predicted octanol–water partition coefficient (Wildman–Crippen LogP) is 1.09. The van der Waals surface area contributed by atoms with Crippen molar-refractivity contribution in [3.63, 3.8) is 0 Å². The van der Waals surface area contributed by atoms with Crippen molar-refractivity contribution in [3.8, 4) is 0 Å². The van der Waals surface area contributed by atoms with E-state index in [9.17, 15) is 4.79 Å². The summed E-state index contributed by atoms with van der Waals surface area (Å²) in [5, 5.41) is 8.69. The number of aliphatic hydroxyl groups excluding tert-OH is 1. The summed E-state index contributed by atoms with van der Waals surface area (Å²) in [7, 11) is 6.09. The number of likely N-dealkylation sites (N-methyl/N-ethyl adjacent to an activating group) is 2. The Labute approximate surface area is 105 Å². The first-order valence-corrected chi connectivity index (χ1v) is 6.54. The third-order valence-electron chi connectivity index (χ3n) is 3.99. The molecule has 0 unspecified atom stereocenters. The molecule has 0 aromatic heterocycles. The molecule has 1 aliphatic rings. The molecule has 1 amide bonds. The van der Waals surface area contributed by atoms with Gasteiger partial charge in [-0.3, -0.25) is 4.79 Å². The van der Waals surface area contributed by atoms with Gasteiger partial charge in [0.25, 0.3) is 0 Å². The Kier molecular flexibility index (Phi) is 5.40. The Hall–Kier alpha value is -0.610. The van der Waals surface area contributed by atoms with Crippen molar-refractivity contribution >= 4 is 5.91 Å². The molecule has 0 aromatic carbocycles. The van der Waals surface area contributed by atoms with Gasteiger partial charge in [0.15, 0.2) is 0 Å². The van der Waals surface area contributed by atoms with Crippen molar-refractivity contribution in [2.75, 3.05) is 34.3 Å². The highest BCUT2D eigenvalue weighted by Gasteiger charge is 2.40. The highest BCUT2D eigenvalue weighted by Crippen LogP contribution is 2.36. The number of unbranched alkanes of at least 4 members (excludes halogenated alkanes) is 1. The highest BCUT2D eigenvalue weighted by molar-refractivity contribution is 5.75. The number of hydrogen-bond donors (Lipinski definition) is 1. The summed E-state index contributed by atoms with van der Waals surface area (Å²) < 4.78 is 0. The first-order valence-electron chi connectivity index (χ1n) is 6.54. The van der Waals surface area contributed by atoms with Crippen LogP contribution in [0.5, 0.6) is 0 Å². The quantitative estimate of drug-likeness (QED) is 0.680. The Morgan fingerprint density at radius 3 is 2.29 bits per heavy atom. The molecular formula is C13H26N2O2. The van der Waals surface area contributed by atoms with E-state index in [-0.39, 0.29) is 18.1 Å². The second-order valence-electron chi connectivity index (χ2n) is 5.40. The molecule has 0 aliphatic heterocycles. The Morgan fingerprint density at radius 1 is 1.24 bits per heavy atom. The molecule has 4 nitrogen and oxygen atoms in total. The maximum atomic E-state index is 11.9. The molecule has 0 heterocycles. The number of rotatable bonds is 7. The van der Waals surface area contributed by atoms with Crippen LogP contribution < -0.4 is 0 Å². The van der Waals surface area contributed by atoms with Crippen molar-refractivity contribution in [2.24, 2.45) is 0 Å². The number of amides is 1. The van der Waals surface area contributed by atoms with E-state index in [1.807, 2.05) is 11.9 Å². The summed E-state index contributed by atoms with van der Waals surface area (Å²) in [6, 6.07) is 0. The van der Waals surface area contributed by atoms with Crippen LogP contribution in [-0.2, 0) is 4.79 Å². The number of aliphatic hydroxyl groups is 1. The van der Waals surface area contributed by atoms with Crippen LogP contribution in [-0.4, -0.2) is 60.6 Å². The van der Waals surface area contributed by atoms with E-state index in [2.05, 4.69) is 19.0 Å². The van der Waals surface area contributed by atoms with Gasteiger partial charge in [-0.15, -0.1) is 0 Å². The summed E-state index contributed by atoms with van der Waals surface area (Å²) in [6.45, 7) is 1.01. The summed E-state index contributed by atoms with van der Waals surface area (Å²) in [4.78, 5) is 16.0. The zero-order valence-electron chi connectivity index (χ0n) is 11.4. The van der Waals surface area contributed by atoms with E-state index in [1.165, 1.54) is 19.3 Å². The van der Waals surface area contributed by atoms with Crippen LogP contribution in [0.1, 0.15) is 38.5 Å². The van der Waals surface area contributed by atoms with E-state index < -0.39 is 0 Å². The van der Waals surface area contributed by atoms with Gasteiger partial charge in [0.2, 0.25) is 5.91 Å². The smallest absolute Gasteiger partial charge is 0.222 e. The zero-order valence-corrected chi connectivity index (χ0v) is 11.4. The minimum Gasteiger partial charge on any atom is -0.396 e. The Balaban J connectivity index is 2.37. The van der Waals surface area contributed by atoms with Gasteiger partial charge in [-0.2, -0.15) is 0 Å². The summed E-state index contributed by atoms with van der Waals surface area (Å²) in [5.41, 5.74) is 0.210. The third kappa shape index (κ3) is 3.68. The lowest BCUT2D eigenvalue weighted by molar-refractivity contribution is -0.132. The fourth-order valence-electron chi connectivity index (χ4n) is 2.44. The molecule has 0 spiro atoms. The van der Waals surface area contributed by atoms with Gasteiger partial charge in [0.1, 0.15) is 0 Å². The van der Waals surface area contributed by atoms with Crippen LogP contribution in [0.25, 0.3) is 0 Å². The molecule has 0 bridgehead atoms. The van der Waals surface area contributed by atoms with Gasteiger partial charge in [-0.1, -0.05) is 0 Å². The van der Waals surface area contributed by atoms with Gasteiger partial charge < -0.3 is 14.9 Å². The van der Waals surface area contributed by atoms with Crippen molar-refractivity contribution in [1.29, 1.82) is 0 Å². The van der Waals surface area contributed by atoms with Crippen LogP contribution in [0, 0.1) is 0 Å². The molecule has 17 heavy (non-hydrogen) atoms. The second-order valence-corrected chi connectivity index (χ2v) is 5.40. The predicted molar refractivity (Wildman–Crippen MR) is 68.8 cm³/mol. The molecule has 0 saturated heterocycles. The Bertz CT molecular complexity index is 250. The van der Waals surface area contributed by atoms with Gasteiger partial charge in [-0.25, -0.2) is 0 Å². The van der Waals surface area contributed by atoms with Crippen LogP contribution >= 0.6 is 0 Å². The van der Waals surface area contributed by atoms with E-state index >= 15 is 0 Å². The lowest BCUT2D eigenvalue weighted by Gasteiger charge is -2.49. The zero-order chi connectivity index (χ0) is 12.9. The van der Waals surface area contributed by atoms with Gasteiger partial charge in [-0.05, 0) is 46.2 Å². The molecule has 0 aromatic rings. The minimum absolute atomic E-state index is 0.179. The molecule has 1 aliphatic carbocycles. The van der Waals surface area contributed by atoms with Crippen molar-refractivity contribution in [3.05, 3.63) is 0 Å². The van der Waals surface area contributed by atoms with E-state index in [0.29, 0.717) is 6.42 Å². The van der Waals surface area contributed by atoms with Crippen molar-refractivity contribution in [1.82, 2.24) is 9.80 Å². The second kappa shape index (κ2) is 6.36. The normalized spacial score (nSPS) is 17.9. The van der Waals surface area contributed by atoms with Crippen LogP contribution in [0.4, 0.5) is 0 Å². The molecule has 100 valence electrons. The molecule has 1 rings (SSSR count). The summed E-state index contributed by atoms with van der Waals surface area (Å²) in [5.74, 6) is 0.201. The number of hydrogen-bond acceptors (Lipinski definition) is 3. The summed E-state index contributed by atoms with van der Waals surface area (Å²) in [6.07, 6.45) is 5.71. The monoisotopic (exact) mass is 242 g/mol. The van der Waals surface area contributed by atoms with Crippen LogP contribution in [0.2, 0.25) is 0 Å². The molecule has 0 radical (unpaired) electrons. The lowest BCUT2D eigenvalue weighted by atomic mass is 9.75. The molecule has 1 N–H and O–H groups in total. The standard InChI is InChI=1S/C13H26N2O2/c1-14(2)13(8-6-9-13)11-15(3)12(17)7-4-5-10-16/h16H,4-11H2,1-3H3. The average molecular weight is 242 g/mol. The minimum atomic E-state index is 0.179. The van der Waals surface area contributed by atoms with Crippen LogP contribution in [0.3, 0.4) is 0 Å². The Morgan fingerprint density at radius 2 is 1.88 bits per heavy atom. The molecular weight excluding hydrogens is 216 g/mol. The molecule has 0 atom stereocenters. The topological polar surface area (TPSA) is 43.8 Å². The highest BCUT2D eigenvalue weighted by atomic mass is 16.3. The maximum Gasteiger partial charge on any atom is 0.222 e. The van der Waals surface area contributed by atoms with Gasteiger partial charge in [0, 0.05) is 32.2 Å². The first kappa shape index (κ1) is 14.5. The van der Waals surface area contributed by atoms with E-state index in [1.54, 1.807) is 0 Å². The number of nitrogens with zero attached hydrogens (tertiary/aromatic N) is 2. The third-order valence-corrected chi connectivity index (χ3v) is 3.99. The fourth-order valence-corrected chi connectivity index (χ4v) is 2.44. The maximum absolute atomic E-state index is 11.9. The van der Waals surface area contributed by atoms with E-state index in [0.717, 1.165) is 19.4 Å². The lowest BCUT2D eigenvalue weighted by Crippen LogP contribution is -2.57. The average Bonchev–Trinajstić information content (AvgIpc) is 2.22. The number of carbonyl (C=O) groups excluding carboxylic acids is 1. The fraction of sp³-hybridized carbons (Fsp3) is 0.923. The van der Waals surface area contributed by atoms with Crippen molar-refractivity contribution in [2.45, 2.75) is 44.1 Å². The van der Waals surface area contributed by atoms with Gasteiger partial charge >= 0.3 is 0 Å². The largest absolute Gasteiger partial charge is 0.396 e. The molecule has 1 fully saturated rings. The molecule has 1 saturated carbocycles. The summed E-state index contributed by atoms with van der Waals surface area (Å²) >= 11 is 0. The SMILES string of the molecule is CN(CC1(N(C)C)CCC1)C(=O)CCCCO. The first-order chi connectivity index (χ1) is 8.02. The van der Waals surface area contributed by atoms with Crippen molar-refractivity contribution < 1.29 is 9.90 Å². The van der Waals surface area contributed by atoms with Gasteiger partial charge in [0.05, 0.1) is 0 Å². The van der Waals surface area contributed by atoms with E-state index in [4.69, 9.17) is 5.11 Å².